The zero-order valence-corrected chi connectivity index (χ0v) is 8.19. The second-order valence-corrected chi connectivity index (χ2v) is 3.22. The van der Waals surface area contributed by atoms with Gasteiger partial charge >= 0.3 is 6.36 Å². The van der Waals surface area contributed by atoms with Gasteiger partial charge in [0.05, 0.1) is 5.56 Å². The molecule has 1 aromatic carbocycles. The summed E-state index contributed by atoms with van der Waals surface area (Å²) in [4.78, 5) is 0. The van der Waals surface area contributed by atoms with E-state index in [1.54, 1.807) is 6.07 Å². The lowest BCUT2D eigenvalue weighted by Crippen LogP contribution is -2.17. The van der Waals surface area contributed by atoms with E-state index < -0.39 is 12.1 Å². The first-order chi connectivity index (χ1) is 6.42. The number of rotatable bonds is 1. The molecule has 0 spiro atoms. The summed E-state index contributed by atoms with van der Waals surface area (Å²) in [6, 6.07) is 5.39. The van der Waals surface area contributed by atoms with Crippen LogP contribution in [0.4, 0.5) is 13.2 Å². The molecule has 0 heterocycles. The Morgan fingerprint density at radius 1 is 1.36 bits per heavy atom. The number of benzene rings is 1. The van der Waals surface area contributed by atoms with Crippen LogP contribution in [0.5, 0.6) is 5.75 Å². The van der Waals surface area contributed by atoms with Crippen LogP contribution in [0.15, 0.2) is 22.7 Å². The molecule has 0 bridgehead atoms. The van der Waals surface area contributed by atoms with Gasteiger partial charge in [0, 0.05) is 4.47 Å². The van der Waals surface area contributed by atoms with Crippen molar-refractivity contribution in [3.63, 3.8) is 0 Å². The Bertz CT molecular complexity index is 383. The van der Waals surface area contributed by atoms with Crippen molar-refractivity contribution in [3.8, 4) is 11.8 Å². The Labute approximate surface area is 86.0 Å². The van der Waals surface area contributed by atoms with E-state index in [-0.39, 0.29) is 5.56 Å². The van der Waals surface area contributed by atoms with E-state index in [1.807, 2.05) is 0 Å². The van der Waals surface area contributed by atoms with Gasteiger partial charge in [-0.15, -0.1) is 13.2 Å². The Kier molecular flexibility index (Phi) is 3.01. The first-order valence-corrected chi connectivity index (χ1v) is 4.17. The van der Waals surface area contributed by atoms with Gasteiger partial charge in [0.2, 0.25) is 0 Å². The normalized spacial score (nSPS) is 10.8. The third-order valence-corrected chi connectivity index (χ3v) is 1.78. The lowest BCUT2D eigenvalue weighted by molar-refractivity contribution is -0.274. The minimum atomic E-state index is -4.79. The van der Waals surface area contributed by atoms with Crippen LogP contribution in [0.2, 0.25) is 0 Å². The summed E-state index contributed by atoms with van der Waals surface area (Å²) in [5, 5.41) is 8.49. The third kappa shape index (κ3) is 2.92. The highest BCUT2D eigenvalue weighted by atomic mass is 79.9. The Hall–Kier alpha value is -1.22. The SMILES string of the molecule is N#Cc1ccc(Br)cc1OC(F)(F)F. The Morgan fingerprint density at radius 3 is 2.50 bits per heavy atom. The number of nitrogens with zero attached hydrogens (tertiary/aromatic N) is 1. The molecule has 14 heavy (non-hydrogen) atoms. The molecule has 2 nitrogen and oxygen atoms in total. The van der Waals surface area contributed by atoms with Crippen LogP contribution < -0.4 is 4.74 Å². The average Bonchev–Trinajstić information content (AvgIpc) is 2.01. The first-order valence-electron chi connectivity index (χ1n) is 3.38. The van der Waals surface area contributed by atoms with Crippen molar-refractivity contribution in [3.05, 3.63) is 28.2 Å². The van der Waals surface area contributed by atoms with E-state index in [9.17, 15) is 13.2 Å². The van der Waals surface area contributed by atoms with Crippen LogP contribution in [0.25, 0.3) is 0 Å². The lowest BCUT2D eigenvalue weighted by Gasteiger charge is -2.09. The molecule has 0 radical (unpaired) electrons. The molecule has 0 aliphatic heterocycles. The van der Waals surface area contributed by atoms with E-state index in [1.165, 1.54) is 12.1 Å². The molecule has 0 aromatic heterocycles. The number of hydrogen-bond acceptors (Lipinski definition) is 2. The zero-order valence-electron chi connectivity index (χ0n) is 6.60. The van der Waals surface area contributed by atoms with Gasteiger partial charge in [0.15, 0.2) is 0 Å². The van der Waals surface area contributed by atoms with Crippen molar-refractivity contribution in [2.75, 3.05) is 0 Å². The van der Waals surface area contributed by atoms with Gasteiger partial charge < -0.3 is 4.74 Å². The maximum Gasteiger partial charge on any atom is 0.573 e. The second kappa shape index (κ2) is 3.88. The van der Waals surface area contributed by atoms with Crippen molar-refractivity contribution < 1.29 is 17.9 Å². The molecule has 74 valence electrons. The van der Waals surface area contributed by atoms with Crippen molar-refractivity contribution in [1.82, 2.24) is 0 Å². The Balaban J connectivity index is 3.07. The molecule has 0 unspecified atom stereocenters. The monoisotopic (exact) mass is 265 g/mol. The number of halogens is 4. The summed E-state index contributed by atoms with van der Waals surface area (Å²) in [5.74, 6) is -0.505. The molecular formula is C8H3BrF3NO. The third-order valence-electron chi connectivity index (χ3n) is 1.29. The van der Waals surface area contributed by atoms with E-state index in [4.69, 9.17) is 5.26 Å². The maximum absolute atomic E-state index is 11.8. The standard InChI is InChI=1S/C8H3BrF3NO/c9-6-2-1-5(4-13)7(3-6)14-8(10,11)12/h1-3H. The number of hydrogen-bond donors (Lipinski definition) is 0. The minimum Gasteiger partial charge on any atom is -0.404 e. The molecule has 0 atom stereocenters. The fourth-order valence-electron chi connectivity index (χ4n) is 0.798. The fraction of sp³-hybridized carbons (Fsp3) is 0.125. The van der Waals surface area contributed by atoms with E-state index in [0.29, 0.717) is 4.47 Å². The van der Waals surface area contributed by atoms with E-state index in [2.05, 4.69) is 20.7 Å². The summed E-state index contributed by atoms with van der Waals surface area (Å²) in [7, 11) is 0. The molecule has 0 amide bonds. The Morgan fingerprint density at radius 2 is 2.00 bits per heavy atom. The van der Waals surface area contributed by atoms with Crippen molar-refractivity contribution in [2.45, 2.75) is 6.36 Å². The largest absolute Gasteiger partial charge is 0.573 e. The van der Waals surface area contributed by atoms with E-state index >= 15 is 0 Å². The van der Waals surface area contributed by atoms with Crippen LogP contribution in [0, 0.1) is 11.3 Å². The molecule has 0 saturated heterocycles. The summed E-state index contributed by atoms with van der Waals surface area (Å²) in [6.45, 7) is 0. The molecule has 6 heteroatoms. The van der Waals surface area contributed by atoms with Crippen LogP contribution in [0.1, 0.15) is 5.56 Å². The average molecular weight is 266 g/mol. The predicted octanol–water partition coefficient (Wildman–Crippen LogP) is 3.22. The summed E-state index contributed by atoms with van der Waals surface area (Å²) in [6.07, 6.45) is -4.79. The first kappa shape index (κ1) is 10.9. The topological polar surface area (TPSA) is 33.0 Å². The van der Waals surface area contributed by atoms with Crippen molar-refractivity contribution >= 4 is 15.9 Å². The molecule has 0 saturated carbocycles. The fourth-order valence-corrected chi connectivity index (χ4v) is 1.14. The van der Waals surface area contributed by atoms with Crippen LogP contribution in [-0.2, 0) is 0 Å². The molecule has 0 fully saturated rings. The quantitative estimate of drug-likeness (QED) is 0.781. The molecule has 1 rings (SSSR count). The van der Waals surface area contributed by atoms with Gasteiger partial charge in [-0.1, -0.05) is 15.9 Å². The van der Waals surface area contributed by atoms with Crippen molar-refractivity contribution in [1.29, 1.82) is 5.26 Å². The van der Waals surface area contributed by atoms with Gasteiger partial charge in [-0.05, 0) is 18.2 Å². The van der Waals surface area contributed by atoms with Gasteiger partial charge in [-0.25, -0.2) is 0 Å². The smallest absolute Gasteiger partial charge is 0.404 e. The van der Waals surface area contributed by atoms with Crippen LogP contribution in [0.3, 0.4) is 0 Å². The van der Waals surface area contributed by atoms with Crippen LogP contribution >= 0.6 is 15.9 Å². The van der Waals surface area contributed by atoms with Gasteiger partial charge in [-0.3, -0.25) is 0 Å². The zero-order chi connectivity index (χ0) is 10.8. The number of nitriles is 1. The molecular weight excluding hydrogens is 263 g/mol. The highest BCUT2D eigenvalue weighted by molar-refractivity contribution is 9.10. The minimum absolute atomic E-state index is 0.162. The summed E-state index contributed by atoms with van der Waals surface area (Å²) in [5.41, 5.74) is -0.162. The summed E-state index contributed by atoms with van der Waals surface area (Å²) >= 11 is 2.98. The van der Waals surface area contributed by atoms with E-state index in [0.717, 1.165) is 6.07 Å². The molecule has 0 aliphatic carbocycles. The lowest BCUT2D eigenvalue weighted by atomic mass is 10.2. The molecule has 0 aliphatic rings. The van der Waals surface area contributed by atoms with Gasteiger partial charge in [-0.2, -0.15) is 5.26 Å². The number of ether oxygens (including phenoxy) is 1. The predicted molar refractivity (Wildman–Crippen MR) is 45.5 cm³/mol. The van der Waals surface area contributed by atoms with Gasteiger partial charge in [0.1, 0.15) is 11.8 Å². The molecule has 0 N–H and O–H groups in total. The second-order valence-electron chi connectivity index (χ2n) is 2.30. The maximum atomic E-state index is 11.8. The van der Waals surface area contributed by atoms with Gasteiger partial charge in [0.25, 0.3) is 0 Å². The highest BCUT2D eigenvalue weighted by Gasteiger charge is 2.32. The van der Waals surface area contributed by atoms with Crippen molar-refractivity contribution in [2.24, 2.45) is 0 Å². The van der Waals surface area contributed by atoms with Crippen LogP contribution in [-0.4, -0.2) is 6.36 Å². The number of alkyl halides is 3. The highest BCUT2D eigenvalue weighted by Crippen LogP contribution is 2.28. The molecule has 1 aromatic rings. The summed E-state index contributed by atoms with van der Waals surface area (Å²) < 4.78 is 39.6.